The number of benzene rings is 1. The summed E-state index contributed by atoms with van der Waals surface area (Å²) in [6, 6.07) is 8.46. The van der Waals surface area contributed by atoms with Gasteiger partial charge in [-0.15, -0.1) is 0 Å². The standard InChI is InChI=1S/C16H23BrN2O2/c1-2-15(17)16(20)18-11-13-3-5-14(6-4-13)12-19-7-9-21-10-8-19/h3-6,15H,2,7-12H2,1H3,(H,18,20). The SMILES string of the molecule is CCC(Br)C(=O)NCc1ccc(CN2CCOCC2)cc1. The molecule has 5 heteroatoms. The van der Waals surface area contributed by atoms with Crippen LogP contribution in [0, 0.1) is 0 Å². The summed E-state index contributed by atoms with van der Waals surface area (Å²) in [5.41, 5.74) is 2.43. The van der Waals surface area contributed by atoms with E-state index in [1.807, 2.05) is 6.92 Å². The summed E-state index contributed by atoms with van der Waals surface area (Å²) in [4.78, 5) is 14.0. The van der Waals surface area contributed by atoms with Crippen LogP contribution in [-0.2, 0) is 22.6 Å². The normalized spacial score (nSPS) is 17.4. The highest BCUT2D eigenvalue weighted by Gasteiger charge is 2.12. The molecule has 4 nitrogen and oxygen atoms in total. The minimum atomic E-state index is -0.0990. The van der Waals surface area contributed by atoms with Crippen molar-refractivity contribution in [2.45, 2.75) is 31.3 Å². The van der Waals surface area contributed by atoms with E-state index in [0.29, 0.717) is 6.54 Å². The molecule has 1 heterocycles. The molecule has 2 rings (SSSR count). The summed E-state index contributed by atoms with van der Waals surface area (Å²) >= 11 is 3.35. The molecular weight excluding hydrogens is 332 g/mol. The van der Waals surface area contributed by atoms with Gasteiger partial charge >= 0.3 is 0 Å². The van der Waals surface area contributed by atoms with Crippen molar-refractivity contribution in [3.63, 3.8) is 0 Å². The number of hydrogen-bond acceptors (Lipinski definition) is 3. The van der Waals surface area contributed by atoms with Gasteiger partial charge in [-0.25, -0.2) is 0 Å². The third-order valence-electron chi connectivity index (χ3n) is 3.64. The number of nitrogens with zero attached hydrogens (tertiary/aromatic N) is 1. The smallest absolute Gasteiger partial charge is 0.234 e. The highest BCUT2D eigenvalue weighted by atomic mass is 79.9. The fraction of sp³-hybridized carbons (Fsp3) is 0.562. The Morgan fingerprint density at radius 3 is 2.52 bits per heavy atom. The van der Waals surface area contributed by atoms with E-state index in [0.717, 1.165) is 44.8 Å². The van der Waals surface area contributed by atoms with E-state index in [4.69, 9.17) is 4.74 Å². The summed E-state index contributed by atoms with van der Waals surface area (Å²) in [6.07, 6.45) is 0.796. The Bertz CT molecular complexity index is 444. The van der Waals surface area contributed by atoms with Gasteiger partial charge in [0.1, 0.15) is 0 Å². The van der Waals surface area contributed by atoms with Crippen LogP contribution in [-0.4, -0.2) is 41.9 Å². The van der Waals surface area contributed by atoms with Crippen LogP contribution in [0.5, 0.6) is 0 Å². The number of carbonyl (C=O) groups excluding carboxylic acids is 1. The largest absolute Gasteiger partial charge is 0.379 e. The second kappa shape index (κ2) is 8.51. The summed E-state index contributed by atoms with van der Waals surface area (Å²) in [6.45, 7) is 7.20. The van der Waals surface area contributed by atoms with Crippen molar-refractivity contribution in [1.29, 1.82) is 0 Å². The molecule has 116 valence electrons. The number of carbonyl (C=O) groups is 1. The minimum Gasteiger partial charge on any atom is -0.379 e. The first-order chi connectivity index (χ1) is 10.2. The number of amides is 1. The van der Waals surface area contributed by atoms with E-state index < -0.39 is 0 Å². The Kier molecular flexibility index (Phi) is 6.67. The third-order valence-corrected chi connectivity index (χ3v) is 4.71. The maximum atomic E-state index is 11.7. The van der Waals surface area contributed by atoms with Crippen molar-refractivity contribution < 1.29 is 9.53 Å². The van der Waals surface area contributed by atoms with E-state index >= 15 is 0 Å². The molecule has 0 saturated carbocycles. The molecule has 0 radical (unpaired) electrons. The first kappa shape index (κ1) is 16.5. The van der Waals surface area contributed by atoms with Gasteiger partial charge in [-0.2, -0.15) is 0 Å². The van der Waals surface area contributed by atoms with Crippen LogP contribution in [0.4, 0.5) is 0 Å². The second-order valence-electron chi connectivity index (χ2n) is 5.30. The molecule has 1 aliphatic heterocycles. The summed E-state index contributed by atoms with van der Waals surface area (Å²) < 4.78 is 5.35. The van der Waals surface area contributed by atoms with Gasteiger partial charge in [0.25, 0.3) is 0 Å². The van der Waals surface area contributed by atoms with Crippen molar-refractivity contribution >= 4 is 21.8 Å². The maximum absolute atomic E-state index is 11.7. The molecule has 1 amide bonds. The van der Waals surface area contributed by atoms with Gasteiger partial charge in [-0.05, 0) is 17.5 Å². The van der Waals surface area contributed by atoms with Gasteiger partial charge in [0.2, 0.25) is 5.91 Å². The van der Waals surface area contributed by atoms with E-state index in [2.05, 4.69) is 50.4 Å². The van der Waals surface area contributed by atoms with E-state index in [-0.39, 0.29) is 10.7 Å². The maximum Gasteiger partial charge on any atom is 0.234 e. The number of halogens is 1. The number of alkyl halides is 1. The fourth-order valence-electron chi connectivity index (χ4n) is 2.27. The predicted molar refractivity (Wildman–Crippen MR) is 87.4 cm³/mol. The number of rotatable bonds is 6. The van der Waals surface area contributed by atoms with Crippen molar-refractivity contribution in [2.24, 2.45) is 0 Å². The minimum absolute atomic E-state index is 0.0508. The lowest BCUT2D eigenvalue weighted by Crippen LogP contribution is -2.35. The van der Waals surface area contributed by atoms with Gasteiger partial charge in [0.05, 0.1) is 18.0 Å². The molecule has 0 bridgehead atoms. The zero-order valence-electron chi connectivity index (χ0n) is 12.5. The van der Waals surface area contributed by atoms with Crippen LogP contribution in [0.15, 0.2) is 24.3 Å². The van der Waals surface area contributed by atoms with E-state index in [9.17, 15) is 4.79 Å². The summed E-state index contributed by atoms with van der Waals surface area (Å²) in [7, 11) is 0. The zero-order chi connectivity index (χ0) is 15.1. The third kappa shape index (κ3) is 5.41. The van der Waals surface area contributed by atoms with E-state index in [1.165, 1.54) is 5.56 Å². The predicted octanol–water partition coefficient (Wildman–Crippen LogP) is 2.31. The Hall–Kier alpha value is -0.910. The first-order valence-electron chi connectivity index (χ1n) is 7.48. The molecule has 1 unspecified atom stereocenters. The Morgan fingerprint density at radius 2 is 1.90 bits per heavy atom. The van der Waals surface area contributed by atoms with Crippen molar-refractivity contribution in [1.82, 2.24) is 10.2 Å². The average molecular weight is 355 g/mol. The molecule has 1 atom stereocenters. The molecule has 1 fully saturated rings. The topological polar surface area (TPSA) is 41.6 Å². The van der Waals surface area contributed by atoms with Crippen LogP contribution >= 0.6 is 15.9 Å². The highest BCUT2D eigenvalue weighted by Crippen LogP contribution is 2.10. The lowest BCUT2D eigenvalue weighted by Gasteiger charge is -2.26. The van der Waals surface area contributed by atoms with Crippen LogP contribution in [0.1, 0.15) is 24.5 Å². The molecule has 21 heavy (non-hydrogen) atoms. The van der Waals surface area contributed by atoms with Crippen LogP contribution in [0.2, 0.25) is 0 Å². The molecule has 0 aliphatic carbocycles. The Labute approximate surface area is 135 Å². The van der Waals surface area contributed by atoms with Crippen LogP contribution in [0.25, 0.3) is 0 Å². The van der Waals surface area contributed by atoms with Crippen LogP contribution < -0.4 is 5.32 Å². The number of ether oxygens (including phenoxy) is 1. The first-order valence-corrected chi connectivity index (χ1v) is 8.40. The summed E-state index contributed by atoms with van der Waals surface area (Å²) in [5, 5.41) is 2.94. The lowest BCUT2D eigenvalue weighted by molar-refractivity contribution is -0.120. The molecular formula is C16H23BrN2O2. The molecule has 0 spiro atoms. The molecule has 0 aromatic heterocycles. The van der Waals surface area contributed by atoms with Gasteiger partial charge in [-0.1, -0.05) is 47.1 Å². The van der Waals surface area contributed by atoms with Gasteiger partial charge in [-0.3, -0.25) is 9.69 Å². The number of hydrogen-bond donors (Lipinski definition) is 1. The molecule has 1 aromatic carbocycles. The molecule has 1 aliphatic rings. The highest BCUT2D eigenvalue weighted by molar-refractivity contribution is 9.10. The average Bonchev–Trinajstić information content (AvgIpc) is 2.54. The lowest BCUT2D eigenvalue weighted by atomic mass is 10.1. The quantitative estimate of drug-likeness (QED) is 0.797. The molecule has 1 aromatic rings. The second-order valence-corrected chi connectivity index (χ2v) is 6.40. The Morgan fingerprint density at radius 1 is 1.29 bits per heavy atom. The number of nitrogens with one attached hydrogen (secondary N) is 1. The van der Waals surface area contributed by atoms with Gasteiger partial charge in [0.15, 0.2) is 0 Å². The number of morpholine rings is 1. The zero-order valence-corrected chi connectivity index (χ0v) is 14.1. The monoisotopic (exact) mass is 354 g/mol. The van der Waals surface area contributed by atoms with Crippen molar-refractivity contribution in [2.75, 3.05) is 26.3 Å². The fourth-order valence-corrected chi connectivity index (χ4v) is 2.43. The van der Waals surface area contributed by atoms with Crippen molar-refractivity contribution in [3.05, 3.63) is 35.4 Å². The Balaban J connectivity index is 1.80. The van der Waals surface area contributed by atoms with Crippen LogP contribution in [0.3, 0.4) is 0 Å². The van der Waals surface area contributed by atoms with E-state index in [1.54, 1.807) is 0 Å². The summed E-state index contributed by atoms with van der Waals surface area (Å²) in [5.74, 6) is 0.0508. The van der Waals surface area contributed by atoms with Gasteiger partial charge < -0.3 is 10.1 Å². The van der Waals surface area contributed by atoms with Crippen molar-refractivity contribution in [3.8, 4) is 0 Å². The molecule has 1 N–H and O–H groups in total. The molecule has 1 saturated heterocycles. The van der Waals surface area contributed by atoms with Gasteiger partial charge in [0, 0.05) is 26.2 Å².